The van der Waals surface area contributed by atoms with Gasteiger partial charge in [-0.25, -0.2) is 4.98 Å². The molecule has 0 spiro atoms. The molecule has 1 fully saturated rings. The third kappa shape index (κ3) is 4.83. The Balaban J connectivity index is 1.19. The van der Waals surface area contributed by atoms with Crippen molar-refractivity contribution in [2.24, 2.45) is 0 Å². The predicted octanol–water partition coefficient (Wildman–Crippen LogP) is 4.26. The quantitative estimate of drug-likeness (QED) is 0.434. The zero-order valence-corrected chi connectivity index (χ0v) is 19.3. The summed E-state index contributed by atoms with van der Waals surface area (Å²) in [6.45, 7) is 6.82. The van der Waals surface area contributed by atoms with E-state index in [-0.39, 0.29) is 5.56 Å². The van der Waals surface area contributed by atoms with E-state index in [0.717, 1.165) is 54.3 Å². The standard InChI is InChI=1S/C27H29N5O2/c1-2-34-24-11-6-20-17-21(27(33)30-25(20)18-24)19-29-22-7-9-23(10-8-22)31-13-15-32(16-14-31)26-5-3-4-12-28-26/h3-12,17-18,29H,2,13-16,19H2,1H3,(H,30,33). The van der Waals surface area contributed by atoms with E-state index in [4.69, 9.17) is 4.74 Å². The van der Waals surface area contributed by atoms with Crippen LogP contribution < -0.4 is 25.4 Å². The van der Waals surface area contributed by atoms with Crippen LogP contribution in [0.5, 0.6) is 5.75 Å². The molecule has 2 aromatic carbocycles. The molecule has 0 aliphatic carbocycles. The van der Waals surface area contributed by atoms with E-state index in [1.807, 2.05) is 49.5 Å². The van der Waals surface area contributed by atoms with Crippen molar-refractivity contribution in [1.29, 1.82) is 0 Å². The molecule has 0 radical (unpaired) electrons. The summed E-state index contributed by atoms with van der Waals surface area (Å²) in [6, 6.07) is 22.2. The molecule has 0 amide bonds. The van der Waals surface area contributed by atoms with E-state index in [2.05, 4.69) is 55.4 Å². The van der Waals surface area contributed by atoms with Crippen LogP contribution in [0.4, 0.5) is 17.2 Å². The van der Waals surface area contributed by atoms with E-state index < -0.39 is 0 Å². The Bertz CT molecular complexity index is 1300. The molecule has 0 unspecified atom stereocenters. The number of fused-ring (bicyclic) bond motifs is 1. The lowest BCUT2D eigenvalue weighted by atomic mass is 10.1. The van der Waals surface area contributed by atoms with Gasteiger partial charge >= 0.3 is 0 Å². The third-order valence-electron chi connectivity index (χ3n) is 6.17. The fourth-order valence-electron chi connectivity index (χ4n) is 4.34. The number of hydrogen-bond acceptors (Lipinski definition) is 6. The number of anilines is 3. The van der Waals surface area contributed by atoms with E-state index in [9.17, 15) is 4.79 Å². The van der Waals surface area contributed by atoms with Crippen LogP contribution in [-0.2, 0) is 6.54 Å². The number of piperazine rings is 1. The maximum atomic E-state index is 12.6. The molecular weight excluding hydrogens is 426 g/mol. The highest BCUT2D eigenvalue weighted by Gasteiger charge is 2.18. The average Bonchev–Trinajstić information content (AvgIpc) is 2.89. The van der Waals surface area contributed by atoms with Crippen LogP contribution in [0, 0.1) is 0 Å². The summed E-state index contributed by atoms with van der Waals surface area (Å²) in [6.07, 6.45) is 1.84. The van der Waals surface area contributed by atoms with Crippen LogP contribution in [0.25, 0.3) is 10.9 Å². The Kier molecular flexibility index (Phi) is 6.33. The van der Waals surface area contributed by atoms with Crippen molar-refractivity contribution in [2.75, 3.05) is 47.9 Å². The number of aromatic amines is 1. The van der Waals surface area contributed by atoms with Gasteiger partial charge in [-0.15, -0.1) is 0 Å². The molecule has 0 atom stereocenters. The number of hydrogen-bond donors (Lipinski definition) is 2. The van der Waals surface area contributed by atoms with Crippen molar-refractivity contribution < 1.29 is 4.74 Å². The molecule has 0 bridgehead atoms. The monoisotopic (exact) mass is 455 g/mol. The van der Waals surface area contributed by atoms with Crippen LogP contribution in [-0.4, -0.2) is 42.8 Å². The van der Waals surface area contributed by atoms with Gasteiger partial charge in [0.2, 0.25) is 0 Å². The number of rotatable bonds is 7. The maximum Gasteiger partial charge on any atom is 0.253 e. The molecule has 1 saturated heterocycles. The second kappa shape index (κ2) is 9.87. The zero-order valence-electron chi connectivity index (χ0n) is 19.3. The second-order valence-electron chi connectivity index (χ2n) is 8.37. The lowest BCUT2D eigenvalue weighted by molar-refractivity contribution is 0.340. The van der Waals surface area contributed by atoms with Crippen molar-refractivity contribution in [3.8, 4) is 5.75 Å². The van der Waals surface area contributed by atoms with Crippen LogP contribution in [0.1, 0.15) is 12.5 Å². The van der Waals surface area contributed by atoms with Crippen LogP contribution in [0.2, 0.25) is 0 Å². The van der Waals surface area contributed by atoms with Gasteiger partial charge in [-0.1, -0.05) is 6.07 Å². The highest BCUT2D eigenvalue weighted by molar-refractivity contribution is 5.80. The van der Waals surface area contributed by atoms with Crippen LogP contribution in [0.15, 0.2) is 77.7 Å². The molecule has 1 aliphatic rings. The number of H-pyrrole nitrogens is 1. The first-order valence-corrected chi connectivity index (χ1v) is 11.7. The molecule has 0 saturated carbocycles. The lowest BCUT2D eigenvalue weighted by Gasteiger charge is -2.36. The van der Waals surface area contributed by atoms with E-state index in [0.29, 0.717) is 18.7 Å². The molecule has 34 heavy (non-hydrogen) atoms. The highest BCUT2D eigenvalue weighted by atomic mass is 16.5. The first-order chi connectivity index (χ1) is 16.7. The predicted molar refractivity (Wildman–Crippen MR) is 138 cm³/mol. The number of aromatic nitrogens is 2. The van der Waals surface area contributed by atoms with Gasteiger partial charge in [-0.3, -0.25) is 4.79 Å². The lowest BCUT2D eigenvalue weighted by Crippen LogP contribution is -2.46. The smallest absolute Gasteiger partial charge is 0.253 e. The Labute approximate surface area is 199 Å². The summed E-state index contributed by atoms with van der Waals surface area (Å²) in [4.78, 5) is 24.7. The first-order valence-electron chi connectivity index (χ1n) is 11.7. The van der Waals surface area contributed by atoms with E-state index in [1.165, 1.54) is 5.69 Å². The highest BCUT2D eigenvalue weighted by Crippen LogP contribution is 2.22. The van der Waals surface area contributed by atoms with Crippen molar-refractivity contribution in [1.82, 2.24) is 9.97 Å². The minimum absolute atomic E-state index is 0.0870. The molecule has 2 N–H and O–H groups in total. The molecular formula is C27H29N5O2. The fourth-order valence-corrected chi connectivity index (χ4v) is 4.34. The summed E-state index contributed by atoms with van der Waals surface area (Å²) in [5.74, 6) is 1.80. The molecule has 1 aliphatic heterocycles. The van der Waals surface area contributed by atoms with Gasteiger partial charge in [0.15, 0.2) is 0 Å². The topological polar surface area (TPSA) is 73.5 Å². The number of nitrogens with one attached hydrogen (secondary N) is 2. The summed E-state index contributed by atoms with van der Waals surface area (Å²) in [7, 11) is 0. The number of pyridine rings is 2. The molecule has 3 heterocycles. The van der Waals surface area contributed by atoms with Gasteiger partial charge in [0.05, 0.1) is 12.1 Å². The van der Waals surface area contributed by atoms with E-state index >= 15 is 0 Å². The van der Waals surface area contributed by atoms with Gasteiger partial charge < -0.3 is 24.8 Å². The van der Waals surface area contributed by atoms with Crippen LogP contribution in [0.3, 0.4) is 0 Å². The normalized spacial score (nSPS) is 13.8. The van der Waals surface area contributed by atoms with Crippen molar-refractivity contribution in [3.05, 3.63) is 88.8 Å². The Hall–Kier alpha value is -4.00. The third-order valence-corrected chi connectivity index (χ3v) is 6.17. The largest absolute Gasteiger partial charge is 0.494 e. The van der Waals surface area contributed by atoms with Crippen molar-refractivity contribution in [2.45, 2.75) is 13.5 Å². The Morgan fingerprint density at radius 3 is 2.50 bits per heavy atom. The molecule has 7 heteroatoms. The fraction of sp³-hybridized carbons (Fsp3) is 0.259. The van der Waals surface area contributed by atoms with Gasteiger partial charge in [0, 0.05) is 61.9 Å². The Morgan fingerprint density at radius 1 is 0.971 bits per heavy atom. The maximum absolute atomic E-state index is 12.6. The van der Waals surface area contributed by atoms with Crippen molar-refractivity contribution in [3.63, 3.8) is 0 Å². The van der Waals surface area contributed by atoms with Crippen molar-refractivity contribution >= 4 is 28.1 Å². The average molecular weight is 456 g/mol. The molecule has 7 nitrogen and oxygen atoms in total. The molecule has 2 aromatic heterocycles. The number of benzene rings is 2. The van der Waals surface area contributed by atoms with Gasteiger partial charge in [-0.2, -0.15) is 0 Å². The summed E-state index contributed by atoms with van der Waals surface area (Å²) in [5, 5.41) is 4.36. The molecule has 174 valence electrons. The molecule has 4 aromatic rings. The van der Waals surface area contributed by atoms with Gasteiger partial charge in [0.25, 0.3) is 5.56 Å². The minimum atomic E-state index is -0.0870. The number of ether oxygens (including phenoxy) is 1. The second-order valence-corrected chi connectivity index (χ2v) is 8.37. The Morgan fingerprint density at radius 2 is 1.76 bits per heavy atom. The first kappa shape index (κ1) is 21.8. The van der Waals surface area contributed by atoms with Gasteiger partial charge in [0.1, 0.15) is 11.6 Å². The SMILES string of the molecule is CCOc1ccc2cc(CNc3ccc(N4CCN(c5ccccn5)CC4)cc3)c(=O)[nH]c2c1. The molecule has 5 rings (SSSR count). The zero-order chi connectivity index (χ0) is 23.3. The summed E-state index contributed by atoms with van der Waals surface area (Å²) in [5.41, 5.74) is 3.59. The van der Waals surface area contributed by atoms with E-state index in [1.54, 1.807) is 0 Å². The van der Waals surface area contributed by atoms with Crippen LogP contribution >= 0.6 is 0 Å². The van der Waals surface area contributed by atoms with Gasteiger partial charge in [-0.05, 0) is 66.9 Å². The summed E-state index contributed by atoms with van der Waals surface area (Å²) >= 11 is 0. The number of nitrogens with zero attached hydrogens (tertiary/aromatic N) is 3. The minimum Gasteiger partial charge on any atom is -0.494 e. The summed E-state index contributed by atoms with van der Waals surface area (Å²) < 4.78 is 5.53.